The van der Waals surface area contributed by atoms with Gasteiger partial charge >= 0.3 is 0 Å². The van der Waals surface area contributed by atoms with E-state index in [1.54, 1.807) is 0 Å². The number of carbonyl (C=O) groups excluding carboxylic acids is 2. The Kier molecular flexibility index (Phi) is 2.44. The van der Waals surface area contributed by atoms with Crippen molar-refractivity contribution in [2.45, 2.75) is 32.2 Å². The van der Waals surface area contributed by atoms with Crippen LogP contribution in [0, 0.1) is 11.8 Å². The molecule has 0 aromatic rings. The van der Waals surface area contributed by atoms with Crippen molar-refractivity contribution in [2.24, 2.45) is 11.8 Å². The molecule has 4 nitrogen and oxygen atoms in total. The third-order valence-corrected chi connectivity index (χ3v) is 3.15. The van der Waals surface area contributed by atoms with Gasteiger partial charge in [-0.05, 0) is 18.8 Å². The first kappa shape index (κ1) is 9.49. The molecule has 2 amide bonds. The number of rotatable bonds is 3. The highest BCUT2D eigenvalue weighted by Gasteiger charge is 2.42. The Hall–Kier alpha value is -1.06. The molecule has 1 saturated carbocycles. The van der Waals surface area contributed by atoms with Crippen LogP contribution in [0.1, 0.15) is 26.2 Å². The predicted octanol–water partition coefficient (Wildman–Crippen LogP) is 0.0372. The summed E-state index contributed by atoms with van der Waals surface area (Å²) < 4.78 is 0. The molecule has 0 radical (unpaired) electrons. The molecule has 2 N–H and O–H groups in total. The van der Waals surface area contributed by atoms with Gasteiger partial charge in [0.15, 0.2) is 0 Å². The summed E-state index contributed by atoms with van der Waals surface area (Å²) >= 11 is 0. The van der Waals surface area contributed by atoms with Crippen molar-refractivity contribution in [2.75, 3.05) is 6.54 Å². The van der Waals surface area contributed by atoms with E-state index in [1.807, 2.05) is 0 Å². The van der Waals surface area contributed by atoms with Gasteiger partial charge in [0.1, 0.15) is 6.04 Å². The zero-order chi connectivity index (χ0) is 10.1. The van der Waals surface area contributed by atoms with Crippen LogP contribution in [0.3, 0.4) is 0 Å². The lowest BCUT2D eigenvalue weighted by atomic mass is 10.2. The molecule has 0 spiro atoms. The third-order valence-electron chi connectivity index (χ3n) is 3.15. The summed E-state index contributed by atoms with van der Waals surface area (Å²) in [6.07, 6.45) is 2.79. The van der Waals surface area contributed by atoms with Gasteiger partial charge in [-0.15, -0.1) is 0 Å². The van der Waals surface area contributed by atoms with Crippen LogP contribution in [0.5, 0.6) is 0 Å². The van der Waals surface area contributed by atoms with Gasteiger partial charge in [-0.2, -0.15) is 0 Å². The zero-order valence-electron chi connectivity index (χ0n) is 8.38. The first-order valence-electron chi connectivity index (χ1n) is 5.30. The quantitative estimate of drug-likeness (QED) is 0.669. The van der Waals surface area contributed by atoms with Gasteiger partial charge in [0.05, 0.1) is 0 Å². The van der Waals surface area contributed by atoms with Gasteiger partial charge in [0.2, 0.25) is 11.8 Å². The highest BCUT2D eigenvalue weighted by atomic mass is 16.2. The summed E-state index contributed by atoms with van der Waals surface area (Å²) in [6.45, 7) is 2.78. The first-order chi connectivity index (χ1) is 6.72. The lowest BCUT2D eigenvalue weighted by Crippen LogP contribution is -2.41. The van der Waals surface area contributed by atoms with Crippen molar-refractivity contribution < 1.29 is 9.59 Å². The average Bonchev–Trinajstić information content (AvgIpc) is 2.87. The molecule has 2 rings (SSSR count). The minimum Gasteiger partial charge on any atom is -0.354 e. The fraction of sp³-hybridized carbons (Fsp3) is 0.800. The minimum atomic E-state index is -0.277. The highest BCUT2D eigenvalue weighted by Crippen LogP contribution is 2.41. The van der Waals surface area contributed by atoms with E-state index in [2.05, 4.69) is 17.6 Å². The van der Waals surface area contributed by atoms with Gasteiger partial charge in [-0.25, -0.2) is 0 Å². The monoisotopic (exact) mass is 196 g/mol. The molecule has 1 heterocycles. The fourth-order valence-corrected chi connectivity index (χ4v) is 2.03. The second-order valence-corrected chi connectivity index (χ2v) is 4.15. The SMILES string of the molecule is CC[C@@H]1C[C@H]1C(=O)N[C@H]1CCNC1=O. The topological polar surface area (TPSA) is 58.2 Å². The van der Waals surface area contributed by atoms with E-state index >= 15 is 0 Å². The van der Waals surface area contributed by atoms with Crippen molar-refractivity contribution >= 4 is 11.8 Å². The van der Waals surface area contributed by atoms with E-state index in [0.717, 1.165) is 19.3 Å². The second kappa shape index (κ2) is 3.59. The van der Waals surface area contributed by atoms with Crippen LogP contribution in [0.2, 0.25) is 0 Å². The van der Waals surface area contributed by atoms with E-state index < -0.39 is 0 Å². The minimum absolute atomic E-state index is 0.0351. The Morgan fingerprint density at radius 2 is 2.43 bits per heavy atom. The molecule has 1 aliphatic heterocycles. The van der Waals surface area contributed by atoms with Crippen molar-refractivity contribution in [3.05, 3.63) is 0 Å². The zero-order valence-corrected chi connectivity index (χ0v) is 8.38. The van der Waals surface area contributed by atoms with Crippen LogP contribution < -0.4 is 10.6 Å². The highest BCUT2D eigenvalue weighted by molar-refractivity contribution is 5.90. The number of carbonyl (C=O) groups is 2. The largest absolute Gasteiger partial charge is 0.354 e. The van der Waals surface area contributed by atoms with E-state index in [4.69, 9.17) is 0 Å². The number of nitrogens with one attached hydrogen (secondary N) is 2. The molecule has 78 valence electrons. The van der Waals surface area contributed by atoms with Crippen molar-refractivity contribution in [1.82, 2.24) is 10.6 Å². The van der Waals surface area contributed by atoms with Crippen LogP contribution in [-0.4, -0.2) is 24.4 Å². The normalized spacial score (nSPS) is 35.2. The van der Waals surface area contributed by atoms with Gasteiger partial charge in [0, 0.05) is 12.5 Å². The Morgan fingerprint density at radius 1 is 1.64 bits per heavy atom. The molecule has 1 saturated heterocycles. The lowest BCUT2D eigenvalue weighted by Gasteiger charge is -2.09. The molecule has 4 heteroatoms. The van der Waals surface area contributed by atoms with E-state index in [9.17, 15) is 9.59 Å². The lowest BCUT2D eigenvalue weighted by molar-refractivity contribution is -0.128. The molecular formula is C10H16N2O2. The molecule has 3 atom stereocenters. The van der Waals surface area contributed by atoms with Crippen LogP contribution in [0.25, 0.3) is 0 Å². The smallest absolute Gasteiger partial charge is 0.242 e. The van der Waals surface area contributed by atoms with Crippen molar-refractivity contribution in [3.8, 4) is 0 Å². The molecule has 0 aromatic carbocycles. The maximum absolute atomic E-state index is 11.6. The first-order valence-corrected chi connectivity index (χ1v) is 5.30. The van der Waals surface area contributed by atoms with E-state index in [1.165, 1.54) is 0 Å². The summed E-state index contributed by atoms with van der Waals surface area (Å²) in [5.74, 6) is 0.763. The van der Waals surface area contributed by atoms with Gasteiger partial charge < -0.3 is 10.6 Å². The molecule has 1 aliphatic carbocycles. The van der Waals surface area contributed by atoms with E-state index in [0.29, 0.717) is 12.5 Å². The van der Waals surface area contributed by atoms with Gasteiger partial charge in [-0.3, -0.25) is 9.59 Å². The van der Waals surface area contributed by atoms with Crippen molar-refractivity contribution in [1.29, 1.82) is 0 Å². The third kappa shape index (κ3) is 1.74. The Bertz CT molecular complexity index is 265. The Labute approximate surface area is 83.4 Å². The summed E-state index contributed by atoms with van der Waals surface area (Å²) in [5, 5.41) is 5.51. The van der Waals surface area contributed by atoms with Gasteiger partial charge in [0.25, 0.3) is 0 Å². The van der Waals surface area contributed by atoms with Crippen LogP contribution >= 0.6 is 0 Å². The molecule has 14 heavy (non-hydrogen) atoms. The summed E-state index contributed by atoms with van der Waals surface area (Å²) in [6, 6.07) is -0.277. The molecule has 0 unspecified atom stereocenters. The Balaban J connectivity index is 1.80. The summed E-state index contributed by atoms with van der Waals surface area (Å²) in [5.41, 5.74) is 0. The summed E-state index contributed by atoms with van der Waals surface area (Å²) in [4.78, 5) is 22.8. The van der Waals surface area contributed by atoms with Crippen molar-refractivity contribution in [3.63, 3.8) is 0 Å². The predicted molar refractivity (Wildman–Crippen MR) is 51.4 cm³/mol. The number of hydrogen-bond acceptors (Lipinski definition) is 2. The van der Waals surface area contributed by atoms with Crippen LogP contribution in [0.4, 0.5) is 0 Å². The standard InChI is InChI=1S/C10H16N2O2/c1-2-6-5-7(6)9(13)12-8-3-4-11-10(8)14/h6-8H,2-5H2,1H3,(H,11,14)(H,12,13)/t6-,7-,8+/m1/s1. The molecule has 2 aliphatic rings. The van der Waals surface area contributed by atoms with Crippen LogP contribution in [-0.2, 0) is 9.59 Å². The molecular weight excluding hydrogens is 180 g/mol. The maximum Gasteiger partial charge on any atom is 0.242 e. The fourth-order valence-electron chi connectivity index (χ4n) is 2.03. The molecule has 0 aromatic heterocycles. The van der Waals surface area contributed by atoms with E-state index in [-0.39, 0.29) is 23.8 Å². The Morgan fingerprint density at radius 3 is 2.93 bits per heavy atom. The van der Waals surface area contributed by atoms with Gasteiger partial charge in [-0.1, -0.05) is 13.3 Å². The molecule has 2 fully saturated rings. The second-order valence-electron chi connectivity index (χ2n) is 4.15. The van der Waals surface area contributed by atoms with Crippen LogP contribution in [0.15, 0.2) is 0 Å². The molecule has 0 bridgehead atoms. The number of amides is 2. The summed E-state index contributed by atoms with van der Waals surface area (Å²) in [7, 11) is 0. The number of hydrogen-bond donors (Lipinski definition) is 2. The average molecular weight is 196 g/mol. The maximum atomic E-state index is 11.6.